The van der Waals surface area contributed by atoms with E-state index in [2.05, 4.69) is 4.98 Å². The number of pyridine rings is 2. The Hall–Kier alpha value is -2.68. The Balaban J connectivity index is 2.02. The van der Waals surface area contributed by atoms with Gasteiger partial charge in [-0.25, -0.2) is 9.55 Å². The Morgan fingerprint density at radius 3 is 2.76 bits per heavy atom. The standard InChI is InChI=1S/C22H23N2O/c1-13(2)18-10-9-17-16-8-7-15(4)20(21(16)25-22(17)23-18)19-11-6-14(3)12-24(19)5/h6-13H,1-5H3/q+1/i3D3,6D,13D. The SMILES string of the molecule is [2H]c1cc(-c2c(C)ccc3c2oc2nc(C([2H])(C)C)ccc23)[n+](C)cc1C([2H])([2H])[2H]. The lowest BCUT2D eigenvalue weighted by Gasteiger charge is -2.05. The second-order valence-corrected chi connectivity index (χ2v) is 6.61. The monoisotopic (exact) mass is 336 g/mol. The van der Waals surface area contributed by atoms with Crippen molar-refractivity contribution in [1.82, 2.24) is 4.98 Å². The molecule has 3 heterocycles. The number of benzene rings is 1. The summed E-state index contributed by atoms with van der Waals surface area (Å²) in [6.07, 6.45) is 1.49. The van der Waals surface area contributed by atoms with Crippen LogP contribution in [0.1, 0.15) is 43.4 Å². The van der Waals surface area contributed by atoms with Crippen LogP contribution in [0.2, 0.25) is 0 Å². The Morgan fingerprint density at radius 2 is 2.00 bits per heavy atom. The molecule has 126 valence electrons. The van der Waals surface area contributed by atoms with Gasteiger partial charge in [-0.05, 0) is 43.4 Å². The van der Waals surface area contributed by atoms with Gasteiger partial charge in [-0.15, -0.1) is 0 Å². The molecule has 0 amide bonds. The number of aryl methyl sites for hydroxylation is 3. The van der Waals surface area contributed by atoms with Crippen LogP contribution in [-0.2, 0) is 7.05 Å². The second-order valence-electron chi connectivity index (χ2n) is 6.61. The molecule has 3 heteroatoms. The van der Waals surface area contributed by atoms with E-state index in [4.69, 9.17) is 11.3 Å². The molecule has 0 spiro atoms. The predicted octanol–water partition coefficient (Wildman–Crippen LogP) is 5.21. The molecule has 3 nitrogen and oxygen atoms in total. The van der Waals surface area contributed by atoms with Crippen LogP contribution in [0.25, 0.3) is 33.3 Å². The number of rotatable bonds is 2. The highest BCUT2D eigenvalue weighted by atomic mass is 16.3. The summed E-state index contributed by atoms with van der Waals surface area (Å²) < 4.78 is 47.4. The van der Waals surface area contributed by atoms with Crippen molar-refractivity contribution in [2.45, 2.75) is 33.5 Å². The average Bonchev–Trinajstić information content (AvgIpc) is 2.99. The molecule has 4 rings (SSSR count). The lowest BCUT2D eigenvalue weighted by molar-refractivity contribution is -0.660. The summed E-state index contributed by atoms with van der Waals surface area (Å²) in [5, 5.41) is 1.74. The van der Waals surface area contributed by atoms with Crippen molar-refractivity contribution < 1.29 is 15.8 Å². The Kier molecular flexibility index (Phi) is 2.51. The van der Waals surface area contributed by atoms with E-state index in [1.165, 1.54) is 6.20 Å². The first-order valence-electron chi connectivity index (χ1n) is 10.7. The molecule has 3 aromatic heterocycles. The first-order valence-corrected chi connectivity index (χ1v) is 8.22. The maximum absolute atomic E-state index is 8.26. The van der Waals surface area contributed by atoms with Crippen LogP contribution >= 0.6 is 0 Å². The Labute approximate surface area is 155 Å². The number of hydrogen-bond acceptors (Lipinski definition) is 2. The van der Waals surface area contributed by atoms with Crippen molar-refractivity contribution in [3.63, 3.8) is 0 Å². The predicted molar refractivity (Wildman–Crippen MR) is 102 cm³/mol. The molecule has 0 N–H and O–H groups in total. The molecule has 0 aliphatic carbocycles. The smallest absolute Gasteiger partial charge is 0.227 e. The molecule has 0 unspecified atom stereocenters. The van der Waals surface area contributed by atoms with Gasteiger partial charge in [0, 0.05) is 33.6 Å². The molecule has 0 bridgehead atoms. The average molecular weight is 336 g/mol. The van der Waals surface area contributed by atoms with Crippen molar-refractivity contribution in [1.29, 1.82) is 0 Å². The van der Waals surface area contributed by atoms with E-state index in [9.17, 15) is 0 Å². The van der Waals surface area contributed by atoms with E-state index < -0.39 is 12.7 Å². The zero-order valence-electron chi connectivity index (χ0n) is 19.8. The van der Waals surface area contributed by atoms with Gasteiger partial charge in [0.1, 0.15) is 7.05 Å². The summed E-state index contributed by atoms with van der Waals surface area (Å²) in [5.41, 5.74) is 4.15. The first-order chi connectivity index (χ1) is 13.9. The fourth-order valence-electron chi connectivity index (χ4n) is 3.21. The van der Waals surface area contributed by atoms with Gasteiger partial charge in [-0.1, -0.05) is 26.0 Å². The van der Waals surface area contributed by atoms with Crippen LogP contribution in [-0.4, -0.2) is 4.98 Å². The molecule has 0 fully saturated rings. The van der Waals surface area contributed by atoms with E-state index in [1.807, 2.05) is 31.2 Å². The van der Waals surface area contributed by atoms with E-state index in [1.54, 1.807) is 31.5 Å². The van der Waals surface area contributed by atoms with Gasteiger partial charge in [0.05, 0.1) is 6.93 Å². The van der Waals surface area contributed by atoms with Gasteiger partial charge in [-0.3, -0.25) is 0 Å². The number of nitrogens with zero attached hydrogens (tertiary/aromatic N) is 2. The van der Waals surface area contributed by atoms with Crippen molar-refractivity contribution in [3.05, 3.63) is 59.4 Å². The molecule has 0 aliphatic rings. The van der Waals surface area contributed by atoms with Crippen molar-refractivity contribution in [2.75, 3.05) is 0 Å². The number of aromatic nitrogens is 2. The van der Waals surface area contributed by atoms with E-state index in [0.29, 0.717) is 22.7 Å². The minimum atomic E-state index is -2.35. The van der Waals surface area contributed by atoms with Gasteiger partial charge in [0.25, 0.3) is 0 Å². The molecule has 0 aliphatic heterocycles. The van der Waals surface area contributed by atoms with Gasteiger partial charge >= 0.3 is 0 Å². The summed E-state index contributed by atoms with van der Waals surface area (Å²) >= 11 is 0. The molecule has 0 radical (unpaired) electrons. The summed E-state index contributed by atoms with van der Waals surface area (Å²) in [6.45, 7) is 3.16. The van der Waals surface area contributed by atoms with E-state index >= 15 is 0 Å². The zero-order chi connectivity index (χ0) is 22.0. The van der Waals surface area contributed by atoms with Crippen LogP contribution in [0.5, 0.6) is 0 Å². The largest absolute Gasteiger partial charge is 0.437 e. The summed E-state index contributed by atoms with van der Waals surface area (Å²) in [7, 11) is 1.77. The van der Waals surface area contributed by atoms with Gasteiger partial charge < -0.3 is 4.42 Å². The lowest BCUT2D eigenvalue weighted by atomic mass is 10.0. The van der Waals surface area contributed by atoms with Crippen molar-refractivity contribution >= 4 is 22.1 Å². The highest BCUT2D eigenvalue weighted by Crippen LogP contribution is 2.36. The topological polar surface area (TPSA) is 29.9 Å². The Morgan fingerprint density at radius 1 is 1.20 bits per heavy atom. The summed E-state index contributed by atoms with van der Waals surface area (Å²) in [5.74, 6) is -0.844. The number of hydrogen-bond donors (Lipinski definition) is 0. The highest BCUT2D eigenvalue weighted by molar-refractivity contribution is 6.08. The van der Waals surface area contributed by atoms with E-state index in [-0.39, 0.29) is 11.6 Å². The minimum absolute atomic E-state index is 0.00664. The quantitative estimate of drug-likeness (QED) is 0.470. The molecule has 0 saturated carbocycles. The highest BCUT2D eigenvalue weighted by Gasteiger charge is 2.21. The molecule has 0 saturated heterocycles. The molecule has 25 heavy (non-hydrogen) atoms. The van der Waals surface area contributed by atoms with Gasteiger partial charge in [0.2, 0.25) is 11.4 Å². The fourth-order valence-corrected chi connectivity index (χ4v) is 3.21. The molecule has 4 aromatic rings. The minimum Gasteiger partial charge on any atom is -0.437 e. The molecule has 0 atom stereocenters. The van der Waals surface area contributed by atoms with Crippen molar-refractivity contribution in [3.8, 4) is 11.3 Å². The lowest BCUT2D eigenvalue weighted by Crippen LogP contribution is -2.31. The summed E-state index contributed by atoms with van der Waals surface area (Å²) in [4.78, 5) is 4.56. The third-order valence-corrected chi connectivity index (χ3v) is 4.55. The zero-order valence-corrected chi connectivity index (χ0v) is 14.8. The molecular formula is C22H23N2O+. The maximum atomic E-state index is 8.26. The molecule has 1 aromatic carbocycles. The third-order valence-electron chi connectivity index (χ3n) is 4.55. The van der Waals surface area contributed by atoms with Crippen LogP contribution in [0.3, 0.4) is 0 Å². The van der Waals surface area contributed by atoms with Crippen molar-refractivity contribution in [2.24, 2.45) is 7.05 Å². The Bertz CT molecular complexity index is 1300. The third kappa shape index (κ3) is 2.51. The van der Waals surface area contributed by atoms with E-state index in [0.717, 1.165) is 21.9 Å². The van der Waals surface area contributed by atoms with Crippen LogP contribution < -0.4 is 4.57 Å². The normalized spacial score (nSPS) is 15.6. The van der Waals surface area contributed by atoms with Crippen LogP contribution in [0.15, 0.2) is 47.0 Å². The summed E-state index contributed by atoms with van der Waals surface area (Å²) in [6, 6.07) is 9.26. The fraction of sp³-hybridized carbons (Fsp3) is 0.273. The second kappa shape index (κ2) is 5.69. The maximum Gasteiger partial charge on any atom is 0.227 e. The number of fused-ring (bicyclic) bond motifs is 3. The van der Waals surface area contributed by atoms with Crippen LogP contribution in [0.4, 0.5) is 0 Å². The van der Waals surface area contributed by atoms with Gasteiger partial charge in [0.15, 0.2) is 11.8 Å². The molecular weight excluding hydrogens is 308 g/mol. The first kappa shape index (κ1) is 11.0. The van der Waals surface area contributed by atoms with Crippen LogP contribution in [0, 0.1) is 13.8 Å². The van der Waals surface area contributed by atoms with Gasteiger partial charge in [-0.2, -0.15) is 0 Å². The number of furan rings is 1.